The Morgan fingerprint density at radius 2 is 1.88 bits per heavy atom. The number of H-pyrrole nitrogens is 1. The number of aliphatic carboxylic acids is 2. The standard InChI is InChI=1S/C19H19N7O6.Li/c20-19-25-15-14(17(30)26-19)23-11(8-22-15)7-21-10-3-1-9(2-4-10)16(29)24-12(18(31)32)5-6-13(27)28;/h1-4,8,12,21H,5-7H2,(H,24,29)(H,27,28)(H,31,32)(H3,20,22,25,26,30);/q;+1/p-1. The van der Waals surface area contributed by atoms with Gasteiger partial charge in [0.25, 0.3) is 11.5 Å². The first-order chi connectivity index (χ1) is 15.2. The molecule has 3 aromatic rings. The molecule has 0 radical (unpaired) electrons. The molecule has 6 N–H and O–H groups in total. The minimum absolute atomic E-state index is 0. The predicted molar refractivity (Wildman–Crippen MR) is 109 cm³/mol. The van der Waals surface area contributed by atoms with Crippen LogP contribution in [0.2, 0.25) is 0 Å². The molecule has 3 rings (SSSR count). The number of nitrogens with zero attached hydrogens (tertiary/aromatic N) is 3. The molecule has 0 spiro atoms. The number of aromatic nitrogens is 4. The van der Waals surface area contributed by atoms with Crippen molar-refractivity contribution in [3.05, 3.63) is 52.1 Å². The van der Waals surface area contributed by atoms with Gasteiger partial charge in [0.15, 0.2) is 11.2 Å². The van der Waals surface area contributed by atoms with Gasteiger partial charge in [-0.2, -0.15) is 4.98 Å². The van der Waals surface area contributed by atoms with Crippen LogP contribution in [0.1, 0.15) is 28.9 Å². The van der Waals surface area contributed by atoms with Gasteiger partial charge in [0.2, 0.25) is 5.95 Å². The van der Waals surface area contributed by atoms with Gasteiger partial charge in [0, 0.05) is 17.2 Å². The number of fused-ring (bicyclic) bond motifs is 1. The van der Waals surface area contributed by atoms with Gasteiger partial charge in [-0.3, -0.25) is 14.6 Å². The molecule has 1 unspecified atom stereocenters. The number of benzene rings is 1. The Morgan fingerprint density at radius 1 is 1.18 bits per heavy atom. The van der Waals surface area contributed by atoms with E-state index in [9.17, 15) is 24.3 Å². The first-order valence-electron chi connectivity index (χ1n) is 9.32. The van der Waals surface area contributed by atoms with Crippen LogP contribution in [0, 0.1) is 0 Å². The minimum Gasteiger partial charge on any atom is -0.550 e. The van der Waals surface area contributed by atoms with Gasteiger partial charge in [0.1, 0.15) is 6.04 Å². The molecular formula is C19H18LiN7O6. The van der Waals surface area contributed by atoms with Crippen LogP contribution >= 0.6 is 0 Å². The SMILES string of the molecule is Nc1nc2ncc(CNc3ccc(C(=O)NC(CCC(=O)[O-])C(=O)O)cc3)nc2c(=O)[nH]1.[Li+]. The van der Waals surface area contributed by atoms with Crippen LogP contribution in [0.4, 0.5) is 11.6 Å². The topological polar surface area (TPSA) is 216 Å². The summed E-state index contributed by atoms with van der Waals surface area (Å²) in [4.78, 5) is 60.4. The first kappa shape index (κ1) is 25.3. The predicted octanol–water partition coefficient (Wildman–Crippen LogP) is -4.38. The van der Waals surface area contributed by atoms with Crippen molar-refractivity contribution in [2.24, 2.45) is 0 Å². The smallest absolute Gasteiger partial charge is 0.550 e. The quantitative estimate of drug-likeness (QED) is 0.197. The third-order valence-electron chi connectivity index (χ3n) is 4.35. The van der Waals surface area contributed by atoms with Crippen molar-refractivity contribution in [3.8, 4) is 0 Å². The second-order valence-electron chi connectivity index (χ2n) is 6.69. The summed E-state index contributed by atoms with van der Waals surface area (Å²) in [5.74, 6) is -3.46. The van der Waals surface area contributed by atoms with Crippen molar-refractivity contribution in [1.82, 2.24) is 25.3 Å². The fourth-order valence-electron chi connectivity index (χ4n) is 2.75. The molecule has 2 aromatic heterocycles. The molecule has 1 aromatic carbocycles. The number of hydrogen-bond donors (Lipinski definition) is 5. The summed E-state index contributed by atoms with van der Waals surface area (Å²) in [6.07, 6.45) is 0.662. The zero-order chi connectivity index (χ0) is 23.3. The number of amides is 1. The van der Waals surface area contributed by atoms with E-state index in [1.807, 2.05) is 0 Å². The summed E-state index contributed by atoms with van der Waals surface area (Å²) in [5, 5.41) is 25.0. The molecule has 2 heterocycles. The van der Waals surface area contributed by atoms with Gasteiger partial charge in [-0.1, -0.05) is 0 Å². The number of nitrogens with one attached hydrogen (secondary N) is 3. The Kier molecular flexibility index (Phi) is 8.49. The Hall–Kier alpha value is -3.95. The fraction of sp³-hybridized carbons (Fsp3) is 0.211. The van der Waals surface area contributed by atoms with Gasteiger partial charge in [-0.15, -0.1) is 0 Å². The molecule has 0 saturated carbocycles. The maximum Gasteiger partial charge on any atom is 1.00 e. The van der Waals surface area contributed by atoms with Crippen molar-refractivity contribution in [2.75, 3.05) is 11.1 Å². The Morgan fingerprint density at radius 3 is 2.52 bits per heavy atom. The average molecular weight is 447 g/mol. The molecule has 1 atom stereocenters. The molecule has 0 bridgehead atoms. The summed E-state index contributed by atoms with van der Waals surface area (Å²) in [6, 6.07) is 4.78. The normalized spacial score (nSPS) is 11.3. The van der Waals surface area contributed by atoms with E-state index in [1.54, 1.807) is 12.1 Å². The molecule has 0 aliphatic carbocycles. The number of aromatic amines is 1. The van der Waals surface area contributed by atoms with E-state index in [2.05, 4.69) is 30.6 Å². The van der Waals surface area contributed by atoms with E-state index < -0.39 is 35.9 Å². The number of carboxylic acid groups (broad SMARTS) is 2. The minimum atomic E-state index is -1.40. The van der Waals surface area contributed by atoms with Crippen molar-refractivity contribution in [3.63, 3.8) is 0 Å². The summed E-state index contributed by atoms with van der Waals surface area (Å²) in [6.45, 7) is 0.225. The van der Waals surface area contributed by atoms with Crippen molar-refractivity contribution < 1.29 is 43.5 Å². The molecule has 13 nitrogen and oxygen atoms in total. The number of nitrogen functional groups attached to an aromatic ring is 1. The summed E-state index contributed by atoms with van der Waals surface area (Å²) in [5.41, 5.74) is 6.43. The van der Waals surface area contributed by atoms with Crippen LogP contribution in [0.25, 0.3) is 11.2 Å². The third-order valence-corrected chi connectivity index (χ3v) is 4.35. The number of hydrogen-bond acceptors (Lipinski definition) is 10. The van der Waals surface area contributed by atoms with Crippen LogP contribution < -0.4 is 45.9 Å². The van der Waals surface area contributed by atoms with E-state index in [4.69, 9.17) is 10.8 Å². The molecular weight excluding hydrogens is 429 g/mol. The number of carbonyl (C=O) groups is 3. The molecule has 33 heavy (non-hydrogen) atoms. The van der Waals surface area contributed by atoms with Gasteiger partial charge < -0.3 is 31.4 Å². The molecule has 14 heteroatoms. The van der Waals surface area contributed by atoms with E-state index in [-0.39, 0.29) is 54.5 Å². The Labute approximate surface area is 198 Å². The van der Waals surface area contributed by atoms with Crippen LogP contribution in [-0.2, 0) is 16.1 Å². The Bertz CT molecular complexity index is 1230. The van der Waals surface area contributed by atoms with E-state index in [1.165, 1.54) is 18.3 Å². The number of nitrogens with two attached hydrogens (primary N) is 1. The van der Waals surface area contributed by atoms with Crippen LogP contribution in [-0.4, -0.2) is 48.9 Å². The van der Waals surface area contributed by atoms with Gasteiger partial charge in [-0.05, 0) is 37.1 Å². The molecule has 0 saturated heterocycles. The maximum atomic E-state index is 12.3. The largest absolute Gasteiger partial charge is 1.00 e. The average Bonchev–Trinajstić information content (AvgIpc) is 2.75. The van der Waals surface area contributed by atoms with Crippen molar-refractivity contribution in [1.29, 1.82) is 0 Å². The van der Waals surface area contributed by atoms with E-state index in [0.717, 1.165) is 0 Å². The number of anilines is 2. The van der Waals surface area contributed by atoms with Crippen molar-refractivity contribution >= 4 is 40.6 Å². The molecule has 0 aliphatic rings. The number of rotatable bonds is 9. The summed E-state index contributed by atoms with van der Waals surface area (Å²) in [7, 11) is 0. The summed E-state index contributed by atoms with van der Waals surface area (Å²) < 4.78 is 0. The van der Waals surface area contributed by atoms with Gasteiger partial charge in [0.05, 0.1) is 18.4 Å². The Balaban J connectivity index is 0.00000385. The first-order valence-corrected chi connectivity index (χ1v) is 9.32. The third kappa shape index (κ3) is 6.76. The zero-order valence-electron chi connectivity index (χ0n) is 17.5. The monoisotopic (exact) mass is 447 g/mol. The van der Waals surface area contributed by atoms with Crippen LogP contribution in [0.15, 0.2) is 35.3 Å². The molecule has 0 aliphatic heterocycles. The fourth-order valence-corrected chi connectivity index (χ4v) is 2.75. The summed E-state index contributed by atoms with van der Waals surface area (Å²) >= 11 is 0. The number of carboxylic acids is 2. The van der Waals surface area contributed by atoms with E-state index in [0.29, 0.717) is 11.4 Å². The second-order valence-corrected chi connectivity index (χ2v) is 6.69. The van der Waals surface area contributed by atoms with Crippen molar-refractivity contribution in [2.45, 2.75) is 25.4 Å². The van der Waals surface area contributed by atoms with E-state index >= 15 is 0 Å². The van der Waals surface area contributed by atoms with Crippen LogP contribution in [0.5, 0.6) is 0 Å². The maximum absolute atomic E-state index is 12.3. The molecule has 1 amide bonds. The zero-order valence-corrected chi connectivity index (χ0v) is 17.5. The number of carbonyl (C=O) groups excluding carboxylic acids is 2. The molecule has 0 fully saturated rings. The second kappa shape index (κ2) is 11.1. The molecule has 166 valence electrons. The van der Waals surface area contributed by atoms with Crippen LogP contribution in [0.3, 0.4) is 0 Å². The van der Waals surface area contributed by atoms with Gasteiger partial charge in [-0.25, -0.2) is 14.8 Å². The van der Waals surface area contributed by atoms with Gasteiger partial charge >= 0.3 is 24.8 Å².